The molecule has 148 valence electrons. The number of aliphatic hydroxyl groups excluding tert-OH is 1. The van der Waals surface area contributed by atoms with Crippen LogP contribution in [-0.4, -0.2) is 28.7 Å². The van der Waals surface area contributed by atoms with E-state index in [-0.39, 0.29) is 36.9 Å². The van der Waals surface area contributed by atoms with E-state index in [4.69, 9.17) is 4.74 Å². The van der Waals surface area contributed by atoms with Crippen LogP contribution in [0.2, 0.25) is 0 Å². The first-order chi connectivity index (χ1) is 13.4. The van der Waals surface area contributed by atoms with Gasteiger partial charge in [-0.15, -0.1) is 0 Å². The molecule has 6 nitrogen and oxygen atoms in total. The maximum absolute atomic E-state index is 12.3. The highest BCUT2D eigenvalue weighted by atomic mass is 16.5. The maximum atomic E-state index is 12.3. The number of hydrogen-bond donors (Lipinski definition) is 1. The summed E-state index contributed by atoms with van der Waals surface area (Å²) in [6, 6.07) is 7.98. The summed E-state index contributed by atoms with van der Waals surface area (Å²) in [6.45, 7) is 8.17. The van der Waals surface area contributed by atoms with Crippen LogP contribution in [0.25, 0.3) is 0 Å². The van der Waals surface area contributed by atoms with Crippen molar-refractivity contribution in [2.45, 2.75) is 58.6 Å². The SMILES string of the molecule is CCOC(=O)CC(c1ccc(C)c(CO)c1)c1cnc2c(c1)N=NC(C)C2C. The smallest absolute Gasteiger partial charge is 0.306 e. The molecule has 0 saturated heterocycles. The number of aromatic nitrogens is 1. The van der Waals surface area contributed by atoms with Gasteiger partial charge in [-0.1, -0.05) is 25.1 Å². The summed E-state index contributed by atoms with van der Waals surface area (Å²) in [5.41, 5.74) is 5.38. The van der Waals surface area contributed by atoms with Gasteiger partial charge in [-0.3, -0.25) is 9.78 Å². The van der Waals surface area contributed by atoms with Crippen LogP contribution >= 0.6 is 0 Å². The number of rotatable bonds is 6. The number of hydrogen-bond acceptors (Lipinski definition) is 6. The van der Waals surface area contributed by atoms with Crippen LogP contribution in [0.4, 0.5) is 5.69 Å². The molecule has 1 aliphatic heterocycles. The zero-order chi connectivity index (χ0) is 20.3. The second kappa shape index (κ2) is 8.61. The summed E-state index contributed by atoms with van der Waals surface area (Å²) in [4.78, 5) is 16.9. The average molecular weight is 381 g/mol. The van der Waals surface area contributed by atoms with Crippen LogP contribution in [0.3, 0.4) is 0 Å². The van der Waals surface area contributed by atoms with E-state index in [0.717, 1.165) is 33.6 Å². The number of pyridine rings is 1. The van der Waals surface area contributed by atoms with E-state index in [9.17, 15) is 9.90 Å². The van der Waals surface area contributed by atoms with Gasteiger partial charge in [0, 0.05) is 18.0 Å². The Morgan fingerprint density at radius 3 is 2.75 bits per heavy atom. The van der Waals surface area contributed by atoms with E-state index >= 15 is 0 Å². The molecule has 0 saturated carbocycles. The Bertz CT molecular complexity index is 895. The topological polar surface area (TPSA) is 84.1 Å². The highest BCUT2D eigenvalue weighted by molar-refractivity contribution is 5.71. The van der Waals surface area contributed by atoms with E-state index in [2.05, 4.69) is 22.1 Å². The predicted octanol–water partition coefficient (Wildman–Crippen LogP) is 4.56. The molecular weight excluding hydrogens is 354 g/mol. The van der Waals surface area contributed by atoms with Gasteiger partial charge in [0.15, 0.2) is 0 Å². The largest absolute Gasteiger partial charge is 0.466 e. The van der Waals surface area contributed by atoms with Gasteiger partial charge in [-0.05, 0) is 49.1 Å². The summed E-state index contributed by atoms with van der Waals surface area (Å²) in [5.74, 6) is -0.294. The number of benzene rings is 1. The van der Waals surface area contributed by atoms with Crippen LogP contribution in [0.5, 0.6) is 0 Å². The van der Waals surface area contributed by atoms with E-state index in [0.29, 0.717) is 6.61 Å². The molecule has 3 unspecified atom stereocenters. The van der Waals surface area contributed by atoms with Crippen molar-refractivity contribution in [1.82, 2.24) is 4.98 Å². The van der Waals surface area contributed by atoms with E-state index in [1.54, 1.807) is 6.92 Å². The normalized spacial score (nSPS) is 19.2. The minimum atomic E-state index is -0.264. The minimum absolute atomic E-state index is 0.0438. The third kappa shape index (κ3) is 4.12. The van der Waals surface area contributed by atoms with Crippen molar-refractivity contribution in [1.29, 1.82) is 0 Å². The lowest BCUT2D eigenvalue weighted by atomic mass is 9.86. The molecule has 2 heterocycles. The molecule has 0 radical (unpaired) electrons. The molecule has 2 aromatic rings. The van der Waals surface area contributed by atoms with Crippen LogP contribution in [-0.2, 0) is 16.1 Å². The Kier molecular flexibility index (Phi) is 6.19. The number of fused-ring (bicyclic) bond motifs is 1. The minimum Gasteiger partial charge on any atom is -0.466 e. The van der Waals surface area contributed by atoms with E-state index in [1.165, 1.54) is 0 Å². The number of carbonyl (C=O) groups is 1. The number of aryl methyl sites for hydroxylation is 1. The standard InChI is InChI=1S/C22H27N3O3/c1-5-28-21(27)10-19(16-7-6-13(2)18(8-16)12-26)17-9-20-22(23-11-17)14(3)15(4)24-25-20/h6-9,11,14-15,19,26H,5,10,12H2,1-4H3. The van der Waals surface area contributed by atoms with Crippen molar-refractivity contribution in [2.24, 2.45) is 10.2 Å². The monoisotopic (exact) mass is 381 g/mol. The molecule has 0 amide bonds. The number of aliphatic hydroxyl groups is 1. The fourth-order valence-corrected chi connectivity index (χ4v) is 3.48. The highest BCUT2D eigenvalue weighted by Crippen LogP contribution is 2.38. The maximum Gasteiger partial charge on any atom is 0.306 e. The quantitative estimate of drug-likeness (QED) is 0.744. The first-order valence-electron chi connectivity index (χ1n) is 9.71. The van der Waals surface area contributed by atoms with Crippen molar-refractivity contribution in [3.05, 3.63) is 58.4 Å². The molecule has 1 N–H and O–H groups in total. The Labute approximate surface area is 165 Å². The average Bonchev–Trinajstić information content (AvgIpc) is 2.69. The second-order valence-electron chi connectivity index (χ2n) is 7.32. The summed E-state index contributed by atoms with van der Waals surface area (Å²) in [5, 5.41) is 18.3. The molecule has 0 fully saturated rings. The summed E-state index contributed by atoms with van der Waals surface area (Å²) in [6.07, 6.45) is 2.02. The number of ether oxygens (including phenoxy) is 1. The molecule has 0 bridgehead atoms. The molecule has 1 aromatic heterocycles. The summed E-state index contributed by atoms with van der Waals surface area (Å²) in [7, 11) is 0. The zero-order valence-electron chi connectivity index (χ0n) is 16.8. The molecule has 0 aliphatic carbocycles. The van der Waals surface area contributed by atoms with Crippen molar-refractivity contribution < 1.29 is 14.6 Å². The zero-order valence-corrected chi connectivity index (χ0v) is 16.8. The van der Waals surface area contributed by atoms with Crippen molar-refractivity contribution >= 4 is 11.7 Å². The molecule has 3 atom stereocenters. The van der Waals surface area contributed by atoms with E-state index < -0.39 is 0 Å². The molecular formula is C22H27N3O3. The van der Waals surface area contributed by atoms with Gasteiger partial charge in [-0.2, -0.15) is 10.2 Å². The predicted molar refractivity (Wildman–Crippen MR) is 107 cm³/mol. The van der Waals surface area contributed by atoms with Crippen LogP contribution in [0.15, 0.2) is 40.7 Å². The first kappa shape index (κ1) is 20.1. The fourth-order valence-electron chi connectivity index (χ4n) is 3.48. The van der Waals surface area contributed by atoms with Gasteiger partial charge in [0.05, 0.1) is 31.4 Å². The lowest BCUT2D eigenvalue weighted by Crippen LogP contribution is -2.16. The van der Waals surface area contributed by atoms with Gasteiger partial charge < -0.3 is 9.84 Å². The van der Waals surface area contributed by atoms with E-state index in [1.807, 2.05) is 44.3 Å². The van der Waals surface area contributed by atoms with Gasteiger partial charge >= 0.3 is 5.97 Å². The molecule has 1 aliphatic rings. The van der Waals surface area contributed by atoms with Crippen molar-refractivity contribution in [3.63, 3.8) is 0 Å². The van der Waals surface area contributed by atoms with Crippen LogP contribution < -0.4 is 0 Å². The van der Waals surface area contributed by atoms with Gasteiger partial charge in [0.25, 0.3) is 0 Å². The third-order valence-electron chi connectivity index (χ3n) is 5.45. The number of nitrogens with zero attached hydrogens (tertiary/aromatic N) is 3. The van der Waals surface area contributed by atoms with Crippen LogP contribution in [0.1, 0.15) is 67.0 Å². The van der Waals surface area contributed by atoms with Gasteiger partial charge in [0.1, 0.15) is 5.69 Å². The Morgan fingerprint density at radius 1 is 1.25 bits per heavy atom. The molecule has 6 heteroatoms. The Morgan fingerprint density at radius 2 is 2.04 bits per heavy atom. The summed E-state index contributed by atoms with van der Waals surface area (Å²) >= 11 is 0. The number of esters is 1. The van der Waals surface area contributed by atoms with Gasteiger partial charge in [0.2, 0.25) is 0 Å². The Balaban J connectivity index is 2.03. The fraction of sp³-hybridized carbons (Fsp3) is 0.455. The number of azo groups is 1. The molecule has 28 heavy (non-hydrogen) atoms. The van der Waals surface area contributed by atoms with Crippen molar-refractivity contribution in [2.75, 3.05) is 6.61 Å². The van der Waals surface area contributed by atoms with Crippen LogP contribution in [0, 0.1) is 6.92 Å². The lowest BCUT2D eigenvalue weighted by Gasteiger charge is -2.23. The first-order valence-corrected chi connectivity index (χ1v) is 9.71. The highest BCUT2D eigenvalue weighted by Gasteiger charge is 2.26. The summed E-state index contributed by atoms with van der Waals surface area (Å²) < 4.78 is 5.19. The number of carbonyl (C=O) groups excluding carboxylic acids is 1. The molecule has 0 spiro atoms. The Hall–Kier alpha value is -2.60. The van der Waals surface area contributed by atoms with Crippen molar-refractivity contribution in [3.8, 4) is 0 Å². The molecule has 1 aromatic carbocycles. The van der Waals surface area contributed by atoms with Gasteiger partial charge in [-0.25, -0.2) is 0 Å². The third-order valence-corrected chi connectivity index (χ3v) is 5.45. The second-order valence-corrected chi connectivity index (χ2v) is 7.32. The lowest BCUT2D eigenvalue weighted by molar-refractivity contribution is -0.143. The molecule has 3 rings (SSSR count).